The van der Waals surface area contributed by atoms with E-state index in [2.05, 4.69) is 11.4 Å². The first-order valence-electron chi connectivity index (χ1n) is 10.1. The zero-order chi connectivity index (χ0) is 22.2. The van der Waals surface area contributed by atoms with Crippen LogP contribution in [0.3, 0.4) is 0 Å². The van der Waals surface area contributed by atoms with Gasteiger partial charge in [0.15, 0.2) is 0 Å². The van der Waals surface area contributed by atoms with Crippen molar-refractivity contribution in [1.82, 2.24) is 0 Å². The molecule has 0 atom stereocenters. The fraction of sp³-hybridized carbons (Fsp3) is 0.292. The Morgan fingerprint density at radius 2 is 1.90 bits per heavy atom. The minimum absolute atomic E-state index is 0.282. The van der Waals surface area contributed by atoms with E-state index in [1.807, 2.05) is 57.2 Å². The minimum atomic E-state index is -0.616. The molecular formula is C24H23N3O3S. The van der Waals surface area contributed by atoms with E-state index in [0.29, 0.717) is 34.1 Å². The van der Waals surface area contributed by atoms with Crippen molar-refractivity contribution in [2.45, 2.75) is 39.2 Å². The molecule has 2 heterocycles. The number of anilines is 2. The maximum absolute atomic E-state index is 13.1. The van der Waals surface area contributed by atoms with Gasteiger partial charge >= 0.3 is 6.09 Å². The summed E-state index contributed by atoms with van der Waals surface area (Å²) in [4.78, 5) is 27.4. The molecule has 2 aromatic carbocycles. The molecule has 158 valence electrons. The molecule has 31 heavy (non-hydrogen) atoms. The van der Waals surface area contributed by atoms with Crippen LogP contribution in [-0.2, 0) is 11.2 Å². The standard InChI is InChI=1S/C24H23N3O3S/c1-24(2,3)30-23(29)27-13-7-12-18-19(14-25)21(31-22(18)27)26-20(28)17-11-6-9-15-8-4-5-10-16(15)17/h4-6,8-11H,7,12-13H2,1-3H3,(H,26,28). The Morgan fingerprint density at radius 1 is 1.16 bits per heavy atom. The maximum atomic E-state index is 13.1. The van der Waals surface area contributed by atoms with E-state index >= 15 is 0 Å². The van der Waals surface area contributed by atoms with Crippen molar-refractivity contribution < 1.29 is 14.3 Å². The number of ether oxygens (including phenoxy) is 1. The number of carbonyl (C=O) groups excluding carboxylic acids is 2. The average Bonchev–Trinajstić information content (AvgIpc) is 3.08. The van der Waals surface area contributed by atoms with E-state index in [1.165, 1.54) is 11.3 Å². The highest BCUT2D eigenvalue weighted by Crippen LogP contribution is 2.43. The van der Waals surface area contributed by atoms with Gasteiger partial charge in [0.05, 0.1) is 5.56 Å². The molecule has 7 heteroatoms. The predicted octanol–water partition coefficient (Wildman–Crippen LogP) is 5.71. The Labute approximate surface area is 185 Å². The zero-order valence-corrected chi connectivity index (χ0v) is 18.5. The third kappa shape index (κ3) is 4.12. The third-order valence-electron chi connectivity index (χ3n) is 5.03. The maximum Gasteiger partial charge on any atom is 0.415 e. The molecule has 1 N–H and O–H groups in total. The first-order chi connectivity index (χ1) is 14.8. The van der Waals surface area contributed by atoms with Gasteiger partial charge < -0.3 is 10.1 Å². The largest absolute Gasteiger partial charge is 0.443 e. The van der Waals surface area contributed by atoms with E-state index in [4.69, 9.17) is 4.74 Å². The molecular weight excluding hydrogens is 410 g/mol. The molecule has 2 amide bonds. The number of amides is 2. The van der Waals surface area contributed by atoms with Gasteiger partial charge in [-0.3, -0.25) is 9.69 Å². The van der Waals surface area contributed by atoms with E-state index in [-0.39, 0.29) is 5.91 Å². The number of nitrogens with one attached hydrogen (secondary N) is 1. The number of nitriles is 1. The monoisotopic (exact) mass is 433 g/mol. The molecule has 1 aliphatic heterocycles. The topological polar surface area (TPSA) is 82.4 Å². The number of fused-ring (bicyclic) bond motifs is 2. The van der Waals surface area contributed by atoms with Gasteiger partial charge in [0, 0.05) is 17.7 Å². The number of hydrogen-bond acceptors (Lipinski definition) is 5. The number of hydrogen-bond donors (Lipinski definition) is 1. The van der Waals surface area contributed by atoms with Crippen LogP contribution in [0.25, 0.3) is 10.8 Å². The van der Waals surface area contributed by atoms with Crippen LogP contribution in [-0.4, -0.2) is 24.1 Å². The SMILES string of the molecule is CC(C)(C)OC(=O)N1CCCc2c1sc(NC(=O)c1cccc3ccccc13)c2C#N. The van der Waals surface area contributed by atoms with E-state index < -0.39 is 11.7 Å². The molecule has 0 spiro atoms. The molecule has 0 radical (unpaired) electrons. The van der Waals surface area contributed by atoms with Gasteiger partial charge in [0.1, 0.15) is 21.7 Å². The normalized spacial score (nSPS) is 13.4. The summed E-state index contributed by atoms with van der Waals surface area (Å²) in [6.45, 7) is 5.98. The minimum Gasteiger partial charge on any atom is -0.443 e. The lowest BCUT2D eigenvalue weighted by atomic mass is 10.0. The summed E-state index contributed by atoms with van der Waals surface area (Å²) in [5, 5.41) is 15.7. The second-order valence-corrected chi connectivity index (χ2v) is 9.42. The van der Waals surface area contributed by atoms with Crippen LogP contribution in [0.1, 0.15) is 48.7 Å². The van der Waals surface area contributed by atoms with Crippen LogP contribution in [0.15, 0.2) is 42.5 Å². The summed E-state index contributed by atoms with van der Waals surface area (Å²) in [5.74, 6) is -0.282. The second kappa shape index (κ2) is 8.05. The number of benzene rings is 2. The Kier molecular flexibility index (Phi) is 5.42. The number of thiophene rings is 1. The fourth-order valence-corrected chi connectivity index (χ4v) is 4.92. The Morgan fingerprint density at radius 3 is 2.65 bits per heavy atom. The molecule has 3 aromatic rings. The van der Waals surface area contributed by atoms with Crippen LogP contribution in [0.4, 0.5) is 14.8 Å². The van der Waals surface area contributed by atoms with E-state index in [0.717, 1.165) is 22.8 Å². The smallest absolute Gasteiger partial charge is 0.415 e. The van der Waals surface area contributed by atoms with Crippen molar-refractivity contribution in [2.24, 2.45) is 0 Å². The van der Waals surface area contributed by atoms with E-state index in [9.17, 15) is 14.9 Å². The highest BCUT2D eigenvalue weighted by molar-refractivity contribution is 7.20. The van der Waals surface area contributed by atoms with Crippen LogP contribution in [0.2, 0.25) is 0 Å². The lowest BCUT2D eigenvalue weighted by Gasteiger charge is -2.29. The summed E-state index contributed by atoms with van der Waals surface area (Å²) in [6.07, 6.45) is 0.970. The molecule has 0 bridgehead atoms. The van der Waals surface area contributed by atoms with Crippen molar-refractivity contribution in [3.05, 3.63) is 59.2 Å². The lowest BCUT2D eigenvalue weighted by Crippen LogP contribution is -2.39. The van der Waals surface area contributed by atoms with Crippen molar-refractivity contribution in [2.75, 3.05) is 16.8 Å². The second-order valence-electron chi connectivity index (χ2n) is 8.42. The first kappa shape index (κ1) is 20.9. The summed E-state index contributed by atoms with van der Waals surface area (Å²) in [6, 6.07) is 15.5. The Balaban J connectivity index is 1.68. The molecule has 0 saturated carbocycles. The van der Waals surface area contributed by atoms with Gasteiger partial charge in [-0.15, -0.1) is 0 Å². The molecule has 0 fully saturated rings. The van der Waals surface area contributed by atoms with Gasteiger partial charge in [0.25, 0.3) is 5.91 Å². The Bertz CT molecular complexity index is 1210. The van der Waals surface area contributed by atoms with Crippen molar-refractivity contribution in [1.29, 1.82) is 5.26 Å². The van der Waals surface area contributed by atoms with Gasteiger partial charge in [-0.25, -0.2) is 4.79 Å². The van der Waals surface area contributed by atoms with Gasteiger partial charge in [-0.1, -0.05) is 47.7 Å². The lowest BCUT2D eigenvalue weighted by molar-refractivity contribution is 0.0578. The average molecular weight is 434 g/mol. The number of nitrogens with zero attached hydrogens (tertiary/aromatic N) is 2. The highest BCUT2D eigenvalue weighted by Gasteiger charge is 2.32. The summed E-state index contributed by atoms with van der Waals surface area (Å²) in [5.41, 5.74) is 1.13. The molecule has 0 unspecified atom stereocenters. The number of rotatable bonds is 2. The summed E-state index contributed by atoms with van der Waals surface area (Å²) < 4.78 is 5.54. The van der Waals surface area contributed by atoms with Gasteiger partial charge in [-0.2, -0.15) is 5.26 Å². The van der Waals surface area contributed by atoms with Crippen LogP contribution >= 0.6 is 11.3 Å². The predicted molar refractivity (Wildman–Crippen MR) is 123 cm³/mol. The summed E-state index contributed by atoms with van der Waals surface area (Å²) >= 11 is 1.25. The fourth-order valence-electron chi connectivity index (χ4n) is 3.71. The Hall–Kier alpha value is -3.37. The van der Waals surface area contributed by atoms with Crippen molar-refractivity contribution in [3.8, 4) is 6.07 Å². The van der Waals surface area contributed by atoms with Crippen LogP contribution in [0.5, 0.6) is 0 Å². The quantitative estimate of drug-likeness (QED) is 0.561. The van der Waals surface area contributed by atoms with Gasteiger partial charge in [-0.05, 0) is 50.5 Å². The molecule has 4 rings (SSSR count). The van der Waals surface area contributed by atoms with Gasteiger partial charge in [0.2, 0.25) is 0 Å². The molecule has 1 aromatic heterocycles. The van der Waals surface area contributed by atoms with Crippen LogP contribution in [0, 0.1) is 11.3 Å². The summed E-state index contributed by atoms with van der Waals surface area (Å²) in [7, 11) is 0. The first-order valence-corrected chi connectivity index (χ1v) is 11.0. The van der Waals surface area contributed by atoms with Crippen molar-refractivity contribution in [3.63, 3.8) is 0 Å². The third-order valence-corrected chi connectivity index (χ3v) is 6.20. The van der Waals surface area contributed by atoms with Crippen LogP contribution < -0.4 is 10.2 Å². The molecule has 6 nitrogen and oxygen atoms in total. The molecule has 0 saturated heterocycles. The number of carbonyl (C=O) groups is 2. The molecule has 0 aliphatic carbocycles. The van der Waals surface area contributed by atoms with Crippen molar-refractivity contribution >= 4 is 44.1 Å². The van der Waals surface area contributed by atoms with E-state index in [1.54, 1.807) is 11.0 Å². The molecule has 1 aliphatic rings. The highest BCUT2D eigenvalue weighted by atomic mass is 32.1. The zero-order valence-electron chi connectivity index (χ0n) is 17.7.